The summed E-state index contributed by atoms with van der Waals surface area (Å²) in [5, 5.41) is 8.93. The van der Waals surface area contributed by atoms with Crippen LogP contribution in [0.5, 0.6) is 0 Å². The summed E-state index contributed by atoms with van der Waals surface area (Å²) >= 11 is 8.31. The number of hydrogen-bond donors (Lipinski definition) is 2. The fourth-order valence-corrected chi connectivity index (χ4v) is 4.30. The molecule has 2 heterocycles. The Bertz CT molecular complexity index is 738. The Morgan fingerprint density at radius 1 is 1.15 bits per heavy atom. The highest BCUT2D eigenvalue weighted by Gasteiger charge is 2.15. The zero-order chi connectivity index (χ0) is 18.6. The first-order chi connectivity index (χ1) is 12.4. The van der Waals surface area contributed by atoms with Crippen molar-refractivity contribution in [3.63, 3.8) is 0 Å². The third-order valence-electron chi connectivity index (χ3n) is 4.39. The maximum atomic E-state index is 6.52. The molecule has 0 bridgehead atoms. The van der Waals surface area contributed by atoms with Crippen LogP contribution >= 0.6 is 23.4 Å². The van der Waals surface area contributed by atoms with Crippen molar-refractivity contribution in [3.05, 3.63) is 52.2 Å². The minimum atomic E-state index is 0.176. The number of hydrogen-bond acceptors (Lipinski definition) is 4. The number of anilines is 1. The summed E-state index contributed by atoms with van der Waals surface area (Å²) in [5.41, 5.74) is 5.05. The molecule has 0 amide bonds. The van der Waals surface area contributed by atoms with Crippen LogP contribution in [0, 0.1) is 0 Å². The van der Waals surface area contributed by atoms with Crippen molar-refractivity contribution in [2.45, 2.75) is 56.4 Å². The van der Waals surface area contributed by atoms with E-state index in [0.29, 0.717) is 0 Å². The number of nitrogens with zero attached hydrogens (tertiary/aromatic N) is 1. The normalized spacial score (nSPS) is 15.1. The maximum absolute atomic E-state index is 6.52. The Morgan fingerprint density at radius 3 is 2.73 bits per heavy atom. The molecule has 1 aromatic heterocycles. The quantitative estimate of drug-likeness (QED) is 0.694. The smallest absolute Gasteiger partial charge is 0.0965 e. The number of rotatable bonds is 4. The Morgan fingerprint density at radius 2 is 2.00 bits per heavy atom. The van der Waals surface area contributed by atoms with Gasteiger partial charge in [0, 0.05) is 17.5 Å². The van der Waals surface area contributed by atoms with Gasteiger partial charge in [-0.2, -0.15) is 0 Å². The molecule has 0 unspecified atom stereocenters. The number of fused-ring (bicyclic) bond motifs is 1. The van der Waals surface area contributed by atoms with Crippen molar-refractivity contribution in [2.75, 3.05) is 18.4 Å². The van der Waals surface area contributed by atoms with E-state index >= 15 is 0 Å². The largest absolute Gasteiger partial charge is 0.379 e. The Balaban J connectivity index is 1.72. The fourth-order valence-electron chi connectivity index (χ4n) is 3.19. The molecule has 3 rings (SSSR count). The SMILES string of the molecule is CC(C)(C)Sc1ccc(CNc2c(Cl)ccc3c2CCCNCC3)cn1. The first-order valence-corrected chi connectivity index (χ1v) is 10.5. The molecule has 0 aliphatic carbocycles. The number of nitrogens with one attached hydrogen (secondary N) is 2. The second-order valence-corrected chi connectivity index (χ2v) is 9.99. The Labute approximate surface area is 166 Å². The predicted molar refractivity (Wildman–Crippen MR) is 114 cm³/mol. The zero-order valence-corrected chi connectivity index (χ0v) is 17.4. The average Bonchev–Trinajstić information content (AvgIpc) is 2.55. The van der Waals surface area contributed by atoms with Crippen LogP contribution in [0.2, 0.25) is 5.02 Å². The summed E-state index contributed by atoms with van der Waals surface area (Å²) in [6.07, 6.45) is 5.22. The molecule has 1 aliphatic heterocycles. The molecule has 2 N–H and O–H groups in total. The average molecular weight is 390 g/mol. The summed E-state index contributed by atoms with van der Waals surface area (Å²) in [4.78, 5) is 4.60. The monoisotopic (exact) mass is 389 g/mol. The van der Waals surface area contributed by atoms with Crippen LogP contribution in [0.15, 0.2) is 35.5 Å². The summed E-state index contributed by atoms with van der Waals surface area (Å²) < 4.78 is 0.176. The van der Waals surface area contributed by atoms with Crippen LogP contribution in [0.3, 0.4) is 0 Å². The van der Waals surface area contributed by atoms with Crippen LogP contribution < -0.4 is 10.6 Å². The van der Waals surface area contributed by atoms with Gasteiger partial charge in [-0.3, -0.25) is 0 Å². The first-order valence-electron chi connectivity index (χ1n) is 9.31. The van der Waals surface area contributed by atoms with Gasteiger partial charge in [-0.25, -0.2) is 4.98 Å². The fraction of sp³-hybridized carbons (Fsp3) is 0.476. The second-order valence-electron chi connectivity index (χ2n) is 7.74. The summed E-state index contributed by atoms with van der Waals surface area (Å²) in [6.45, 7) is 9.45. The number of aromatic nitrogens is 1. The van der Waals surface area contributed by atoms with E-state index in [9.17, 15) is 0 Å². The molecule has 0 radical (unpaired) electrons. The van der Waals surface area contributed by atoms with Gasteiger partial charge in [-0.15, -0.1) is 11.8 Å². The number of pyridine rings is 1. The minimum absolute atomic E-state index is 0.176. The predicted octanol–water partition coefficient (Wildman–Crippen LogP) is 5.32. The van der Waals surface area contributed by atoms with E-state index in [1.54, 1.807) is 11.8 Å². The van der Waals surface area contributed by atoms with E-state index in [-0.39, 0.29) is 4.75 Å². The van der Waals surface area contributed by atoms with E-state index < -0.39 is 0 Å². The number of benzene rings is 1. The molecule has 140 valence electrons. The van der Waals surface area contributed by atoms with E-state index in [0.717, 1.165) is 54.6 Å². The van der Waals surface area contributed by atoms with Crippen molar-refractivity contribution >= 4 is 29.1 Å². The third kappa shape index (κ3) is 5.38. The highest BCUT2D eigenvalue weighted by atomic mass is 35.5. The molecule has 0 fully saturated rings. The topological polar surface area (TPSA) is 37.0 Å². The van der Waals surface area contributed by atoms with Crippen molar-refractivity contribution in [2.24, 2.45) is 0 Å². The van der Waals surface area contributed by atoms with Crippen molar-refractivity contribution < 1.29 is 0 Å². The molecule has 0 saturated heterocycles. The van der Waals surface area contributed by atoms with E-state index in [1.807, 2.05) is 12.3 Å². The highest BCUT2D eigenvalue weighted by Crippen LogP contribution is 2.32. The molecule has 0 spiro atoms. The molecule has 2 aromatic rings. The number of halogens is 1. The maximum Gasteiger partial charge on any atom is 0.0965 e. The summed E-state index contributed by atoms with van der Waals surface area (Å²) in [7, 11) is 0. The van der Waals surface area contributed by atoms with E-state index in [1.165, 1.54) is 16.7 Å². The Hall–Kier alpha value is -1.23. The summed E-state index contributed by atoms with van der Waals surface area (Å²) in [5.74, 6) is 0. The molecule has 1 aliphatic rings. The lowest BCUT2D eigenvalue weighted by Crippen LogP contribution is -2.22. The molecule has 1 aromatic carbocycles. The van der Waals surface area contributed by atoms with Gasteiger partial charge >= 0.3 is 0 Å². The summed E-state index contributed by atoms with van der Waals surface area (Å²) in [6, 6.07) is 8.45. The van der Waals surface area contributed by atoms with Gasteiger partial charge in [0.25, 0.3) is 0 Å². The number of thioether (sulfide) groups is 1. The molecule has 0 saturated carbocycles. The molecular weight excluding hydrogens is 362 g/mol. The van der Waals surface area contributed by atoms with Gasteiger partial charge in [0.05, 0.1) is 15.7 Å². The molecular formula is C21H28ClN3S. The zero-order valence-electron chi connectivity index (χ0n) is 15.9. The minimum Gasteiger partial charge on any atom is -0.379 e. The van der Waals surface area contributed by atoms with E-state index in [4.69, 9.17) is 11.6 Å². The van der Waals surface area contributed by atoms with Gasteiger partial charge < -0.3 is 10.6 Å². The van der Waals surface area contributed by atoms with Crippen molar-refractivity contribution in [1.82, 2.24) is 10.3 Å². The lowest BCUT2D eigenvalue weighted by Gasteiger charge is -2.20. The molecule has 0 atom stereocenters. The van der Waals surface area contributed by atoms with Crippen LogP contribution in [-0.4, -0.2) is 22.8 Å². The van der Waals surface area contributed by atoms with Crippen molar-refractivity contribution in [1.29, 1.82) is 0 Å². The van der Waals surface area contributed by atoms with Gasteiger partial charge in [0.2, 0.25) is 0 Å². The van der Waals surface area contributed by atoms with Crippen LogP contribution in [0.4, 0.5) is 5.69 Å². The lowest BCUT2D eigenvalue weighted by molar-refractivity contribution is 0.626. The third-order valence-corrected chi connectivity index (χ3v) is 5.77. The van der Waals surface area contributed by atoms with Crippen LogP contribution in [0.25, 0.3) is 0 Å². The van der Waals surface area contributed by atoms with E-state index in [2.05, 4.69) is 54.6 Å². The second kappa shape index (κ2) is 8.64. The van der Waals surface area contributed by atoms with Crippen LogP contribution in [0.1, 0.15) is 43.9 Å². The first kappa shape index (κ1) is 19.5. The van der Waals surface area contributed by atoms with Gasteiger partial charge in [0.15, 0.2) is 0 Å². The van der Waals surface area contributed by atoms with Crippen molar-refractivity contribution in [3.8, 4) is 0 Å². The van der Waals surface area contributed by atoms with Gasteiger partial charge in [0.1, 0.15) is 0 Å². The molecule has 5 heteroatoms. The molecule has 3 nitrogen and oxygen atoms in total. The molecule has 26 heavy (non-hydrogen) atoms. The van der Waals surface area contributed by atoms with Gasteiger partial charge in [-0.05, 0) is 61.2 Å². The highest BCUT2D eigenvalue weighted by molar-refractivity contribution is 8.00. The lowest BCUT2D eigenvalue weighted by atomic mass is 9.96. The van der Waals surface area contributed by atoms with Crippen LogP contribution in [-0.2, 0) is 19.4 Å². The Kier molecular flexibility index (Phi) is 6.49. The standard InChI is InChI=1S/C21H28ClN3S/c1-21(2,3)26-19-9-6-15(13-24-19)14-25-20-17-5-4-11-23-12-10-16(17)7-8-18(20)22/h6-9,13,23,25H,4-5,10-12,14H2,1-3H3. The van der Waals surface area contributed by atoms with Gasteiger partial charge in [-0.1, -0.05) is 44.5 Å².